The molecule has 0 N–H and O–H groups in total. The maximum atomic E-state index is 12.7. The maximum absolute atomic E-state index is 12.7. The Bertz CT molecular complexity index is 979. The van der Waals surface area contributed by atoms with Crippen molar-refractivity contribution in [2.45, 2.75) is 18.9 Å². The molecule has 1 saturated heterocycles. The van der Waals surface area contributed by atoms with Gasteiger partial charge in [0.25, 0.3) is 5.91 Å². The second-order valence-corrected chi connectivity index (χ2v) is 6.13. The van der Waals surface area contributed by atoms with E-state index >= 15 is 0 Å². The molecule has 1 aliphatic heterocycles. The normalized spacial score (nSPS) is 15.2. The van der Waals surface area contributed by atoms with Gasteiger partial charge in [-0.15, -0.1) is 0 Å². The fourth-order valence-electron chi connectivity index (χ4n) is 3.05. The van der Waals surface area contributed by atoms with Crippen LogP contribution in [0.25, 0.3) is 11.0 Å². The van der Waals surface area contributed by atoms with Crippen molar-refractivity contribution in [2.24, 2.45) is 0 Å². The van der Waals surface area contributed by atoms with E-state index in [4.69, 9.17) is 9.15 Å². The van der Waals surface area contributed by atoms with Gasteiger partial charge in [0.1, 0.15) is 17.3 Å². The molecule has 1 aliphatic rings. The first-order chi connectivity index (χ1) is 12.7. The minimum atomic E-state index is -0.607. The minimum Gasteiger partial charge on any atom is -0.460 e. The molecule has 7 nitrogen and oxygen atoms in total. The van der Waals surface area contributed by atoms with E-state index in [-0.39, 0.29) is 17.6 Å². The van der Waals surface area contributed by atoms with Crippen molar-refractivity contribution in [3.05, 3.63) is 64.8 Å². The van der Waals surface area contributed by atoms with Crippen LogP contribution in [0.15, 0.2) is 58.0 Å². The number of rotatable bonds is 3. The molecule has 0 spiro atoms. The Labute approximate surface area is 149 Å². The lowest BCUT2D eigenvalue weighted by atomic mass is 10.1. The number of hydrogen-bond donors (Lipinski definition) is 0. The van der Waals surface area contributed by atoms with Crippen molar-refractivity contribution in [3.8, 4) is 6.01 Å². The summed E-state index contributed by atoms with van der Waals surface area (Å²) >= 11 is 0. The summed E-state index contributed by atoms with van der Waals surface area (Å²) < 4.78 is 11.0. The number of para-hydroxylation sites is 1. The van der Waals surface area contributed by atoms with Gasteiger partial charge in [-0.05, 0) is 18.2 Å². The van der Waals surface area contributed by atoms with E-state index in [0.29, 0.717) is 37.5 Å². The van der Waals surface area contributed by atoms with Crippen molar-refractivity contribution in [3.63, 3.8) is 0 Å². The van der Waals surface area contributed by atoms with E-state index in [9.17, 15) is 9.59 Å². The van der Waals surface area contributed by atoms with E-state index < -0.39 is 5.63 Å². The van der Waals surface area contributed by atoms with Crippen LogP contribution in [0.5, 0.6) is 6.01 Å². The van der Waals surface area contributed by atoms with Crippen LogP contribution >= 0.6 is 0 Å². The van der Waals surface area contributed by atoms with Crippen molar-refractivity contribution in [1.82, 2.24) is 14.9 Å². The van der Waals surface area contributed by atoms with Crippen LogP contribution in [0.2, 0.25) is 0 Å². The number of carbonyl (C=O) groups excluding carboxylic acids is 1. The van der Waals surface area contributed by atoms with Crippen LogP contribution in [-0.2, 0) is 0 Å². The molecule has 3 aromatic rings. The van der Waals surface area contributed by atoms with Crippen LogP contribution in [0.1, 0.15) is 23.2 Å². The molecule has 0 atom stereocenters. The molecule has 0 saturated carbocycles. The van der Waals surface area contributed by atoms with Crippen LogP contribution in [-0.4, -0.2) is 40.0 Å². The molecule has 132 valence electrons. The number of nitrogens with zero attached hydrogens (tertiary/aromatic N) is 3. The molecular weight excluding hydrogens is 334 g/mol. The lowest BCUT2D eigenvalue weighted by molar-refractivity contribution is 0.0575. The molecule has 0 radical (unpaired) electrons. The number of amides is 1. The second kappa shape index (κ2) is 6.95. The van der Waals surface area contributed by atoms with Crippen molar-refractivity contribution in [2.75, 3.05) is 13.1 Å². The Kier molecular flexibility index (Phi) is 4.35. The minimum absolute atomic E-state index is 0.0468. The van der Waals surface area contributed by atoms with E-state index in [1.54, 1.807) is 41.6 Å². The quantitative estimate of drug-likeness (QED) is 0.673. The Hall–Kier alpha value is -3.22. The molecule has 4 rings (SSSR count). The first-order valence-electron chi connectivity index (χ1n) is 8.46. The van der Waals surface area contributed by atoms with E-state index in [1.165, 1.54) is 0 Å². The molecule has 3 heterocycles. The summed E-state index contributed by atoms with van der Waals surface area (Å²) in [4.78, 5) is 34.7. The van der Waals surface area contributed by atoms with Gasteiger partial charge >= 0.3 is 11.6 Å². The summed E-state index contributed by atoms with van der Waals surface area (Å²) in [6.07, 6.45) is 4.51. The zero-order chi connectivity index (χ0) is 17.9. The van der Waals surface area contributed by atoms with Gasteiger partial charge in [0, 0.05) is 43.7 Å². The Morgan fingerprint density at radius 3 is 2.62 bits per heavy atom. The topological polar surface area (TPSA) is 85.5 Å². The molecule has 2 aromatic heterocycles. The van der Waals surface area contributed by atoms with Crippen molar-refractivity contribution < 1.29 is 13.9 Å². The molecule has 1 aromatic carbocycles. The van der Waals surface area contributed by atoms with E-state index in [0.717, 1.165) is 5.39 Å². The van der Waals surface area contributed by atoms with Crippen LogP contribution in [0.3, 0.4) is 0 Å². The van der Waals surface area contributed by atoms with Gasteiger partial charge in [0.05, 0.1) is 0 Å². The summed E-state index contributed by atoms with van der Waals surface area (Å²) in [5.41, 5.74) is -0.0664. The Morgan fingerprint density at radius 1 is 1.12 bits per heavy atom. The predicted octanol–water partition coefficient (Wildman–Crippen LogP) is 2.27. The van der Waals surface area contributed by atoms with Gasteiger partial charge in [-0.3, -0.25) is 4.79 Å². The van der Waals surface area contributed by atoms with E-state index in [2.05, 4.69) is 9.97 Å². The number of hydrogen-bond acceptors (Lipinski definition) is 6. The number of aromatic nitrogens is 2. The maximum Gasteiger partial charge on any atom is 0.349 e. The number of ether oxygens (including phenoxy) is 1. The highest BCUT2D eigenvalue weighted by Gasteiger charge is 2.27. The van der Waals surface area contributed by atoms with Gasteiger partial charge in [-0.25, -0.2) is 14.8 Å². The first kappa shape index (κ1) is 16.3. The zero-order valence-electron chi connectivity index (χ0n) is 14.0. The van der Waals surface area contributed by atoms with Crippen LogP contribution in [0, 0.1) is 0 Å². The molecule has 7 heteroatoms. The van der Waals surface area contributed by atoms with Crippen molar-refractivity contribution >= 4 is 16.9 Å². The molecule has 1 fully saturated rings. The third kappa shape index (κ3) is 3.28. The van der Waals surface area contributed by atoms with Gasteiger partial charge in [0.15, 0.2) is 0 Å². The highest BCUT2D eigenvalue weighted by atomic mass is 16.5. The SMILES string of the molecule is O=C(c1cc2ccccc2oc1=O)N1CCC(Oc2ncccn2)CC1. The molecule has 26 heavy (non-hydrogen) atoms. The fraction of sp³-hybridized carbons (Fsp3) is 0.263. The Morgan fingerprint density at radius 2 is 1.85 bits per heavy atom. The highest BCUT2D eigenvalue weighted by molar-refractivity contribution is 5.96. The van der Waals surface area contributed by atoms with Crippen LogP contribution < -0.4 is 10.4 Å². The number of carbonyl (C=O) groups is 1. The molecule has 0 bridgehead atoms. The first-order valence-corrected chi connectivity index (χ1v) is 8.46. The summed E-state index contributed by atoms with van der Waals surface area (Å²) in [5.74, 6) is -0.307. The largest absolute Gasteiger partial charge is 0.460 e. The molecular formula is C19H17N3O4. The number of piperidine rings is 1. The van der Waals surface area contributed by atoms with Gasteiger partial charge in [-0.1, -0.05) is 18.2 Å². The monoisotopic (exact) mass is 351 g/mol. The van der Waals surface area contributed by atoms with Crippen LogP contribution in [0.4, 0.5) is 0 Å². The molecule has 1 amide bonds. The smallest absolute Gasteiger partial charge is 0.349 e. The number of likely N-dealkylation sites (tertiary alicyclic amines) is 1. The standard InChI is InChI=1S/C19H17N3O4/c23-17(15-12-13-4-1-2-5-16(13)26-18(15)24)22-10-6-14(7-11-22)25-19-20-8-3-9-21-19/h1-5,8-9,12,14H,6-7,10-11H2. The van der Waals surface area contributed by atoms with Gasteiger partial charge < -0.3 is 14.1 Å². The molecule has 0 unspecified atom stereocenters. The third-order valence-electron chi connectivity index (χ3n) is 4.42. The van der Waals surface area contributed by atoms with Crippen molar-refractivity contribution in [1.29, 1.82) is 0 Å². The lowest BCUT2D eigenvalue weighted by Gasteiger charge is -2.31. The van der Waals surface area contributed by atoms with Gasteiger partial charge in [-0.2, -0.15) is 0 Å². The third-order valence-corrected chi connectivity index (χ3v) is 4.42. The fourth-order valence-corrected chi connectivity index (χ4v) is 3.05. The zero-order valence-corrected chi connectivity index (χ0v) is 14.0. The second-order valence-electron chi connectivity index (χ2n) is 6.13. The highest BCUT2D eigenvalue weighted by Crippen LogP contribution is 2.18. The predicted molar refractivity (Wildman–Crippen MR) is 94.1 cm³/mol. The Balaban J connectivity index is 1.45. The molecule has 0 aliphatic carbocycles. The summed E-state index contributed by atoms with van der Waals surface area (Å²) in [6.45, 7) is 1.01. The average Bonchev–Trinajstić information content (AvgIpc) is 2.68. The summed E-state index contributed by atoms with van der Waals surface area (Å²) in [5, 5.41) is 0.731. The number of fused-ring (bicyclic) bond motifs is 1. The lowest BCUT2D eigenvalue weighted by Crippen LogP contribution is -2.43. The average molecular weight is 351 g/mol. The van der Waals surface area contributed by atoms with Gasteiger partial charge in [0.2, 0.25) is 0 Å². The number of benzene rings is 1. The summed E-state index contributed by atoms with van der Waals surface area (Å²) in [6, 6.07) is 10.8. The summed E-state index contributed by atoms with van der Waals surface area (Å²) in [7, 11) is 0. The van der Waals surface area contributed by atoms with E-state index in [1.807, 2.05) is 12.1 Å².